The van der Waals surface area contributed by atoms with Crippen LogP contribution in [0.15, 0.2) is 30.3 Å². The minimum absolute atomic E-state index is 0. The van der Waals surface area contributed by atoms with E-state index in [1.165, 1.54) is 22.7 Å². The molecule has 38 heavy (non-hydrogen) atoms. The SMILES string of the molecule is CN1CCc2nc(C(=O)Nc3c(CNC(=O)c4ccc(Cl)s4)cccc3C(=O)N3CCOCC3)sc2C1.Cl. The predicted molar refractivity (Wildman–Crippen MR) is 151 cm³/mol. The number of thiazole rings is 1. The van der Waals surface area contributed by atoms with Gasteiger partial charge in [0.15, 0.2) is 5.01 Å². The molecule has 0 unspecified atom stereocenters. The molecule has 0 bridgehead atoms. The van der Waals surface area contributed by atoms with Gasteiger partial charge < -0.3 is 25.2 Å². The smallest absolute Gasteiger partial charge is 0.284 e. The largest absolute Gasteiger partial charge is 0.378 e. The number of anilines is 1. The second kappa shape index (κ2) is 12.5. The maximum absolute atomic E-state index is 13.4. The Balaban J connectivity index is 0.00000336. The van der Waals surface area contributed by atoms with Gasteiger partial charge in [0.2, 0.25) is 0 Å². The zero-order valence-corrected chi connectivity index (χ0v) is 23.8. The highest BCUT2D eigenvalue weighted by Gasteiger charge is 2.26. The number of para-hydroxylation sites is 1. The summed E-state index contributed by atoms with van der Waals surface area (Å²) in [6.07, 6.45) is 0.797. The molecule has 3 aromatic rings. The van der Waals surface area contributed by atoms with Crippen LogP contribution in [0.1, 0.15) is 46.0 Å². The minimum Gasteiger partial charge on any atom is -0.378 e. The number of nitrogens with zero attached hydrogens (tertiary/aromatic N) is 3. The molecule has 1 aromatic carbocycles. The summed E-state index contributed by atoms with van der Waals surface area (Å²) < 4.78 is 5.91. The summed E-state index contributed by atoms with van der Waals surface area (Å²) in [5.74, 6) is -0.852. The number of carbonyl (C=O) groups excluding carboxylic acids is 3. The second-order valence-electron chi connectivity index (χ2n) is 8.86. The molecule has 2 aromatic heterocycles. The molecule has 13 heteroatoms. The first-order chi connectivity index (χ1) is 17.9. The molecule has 1 fully saturated rings. The molecule has 202 valence electrons. The van der Waals surface area contributed by atoms with Gasteiger partial charge in [-0.25, -0.2) is 4.98 Å². The van der Waals surface area contributed by atoms with Crippen LogP contribution < -0.4 is 10.6 Å². The minimum atomic E-state index is -0.373. The van der Waals surface area contributed by atoms with Crippen molar-refractivity contribution in [3.8, 4) is 0 Å². The average molecular weight is 597 g/mol. The summed E-state index contributed by atoms with van der Waals surface area (Å²) >= 11 is 8.53. The van der Waals surface area contributed by atoms with E-state index in [-0.39, 0.29) is 36.7 Å². The third-order valence-corrected chi connectivity index (χ3v) is 8.58. The Hall–Kier alpha value is -2.54. The number of rotatable bonds is 6. The topological polar surface area (TPSA) is 104 Å². The van der Waals surface area contributed by atoms with E-state index in [4.69, 9.17) is 16.3 Å². The number of likely N-dealkylation sites (N-methyl/N-ethyl adjacent to an activating group) is 1. The van der Waals surface area contributed by atoms with Crippen molar-refractivity contribution in [3.05, 3.63) is 66.3 Å². The fourth-order valence-electron chi connectivity index (χ4n) is 4.30. The lowest BCUT2D eigenvalue weighted by Gasteiger charge is -2.28. The van der Waals surface area contributed by atoms with Gasteiger partial charge in [-0.05, 0) is 30.8 Å². The second-order valence-corrected chi connectivity index (χ2v) is 11.7. The highest BCUT2D eigenvalue weighted by atomic mass is 35.5. The summed E-state index contributed by atoms with van der Waals surface area (Å²) in [7, 11) is 2.04. The number of hydrogen-bond acceptors (Lipinski definition) is 8. The first-order valence-corrected chi connectivity index (χ1v) is 13.9. The van der Waals surface area contributed by atoms with Gasteiger partial charge in [-0.2, -0.15) is 0 Å². The van der Waals surface area contributed by atoms with Crippen molar-refractivity contribution in [1.82, 2.24) is 20.1 Å². The Bertz CT molecular complexity index is 1340. The molecule has 2 N–H and O–H groups in total. The number of amides is 3. The number of morpholine rings is 1. The standard InChI is InChI=1S/C25H26ClN5O4S2.ClH/c1-30-8-7-17-19(14-30)37-24(28-17)23(33)29-21-15(13-27-22(32)18-5-6-20(26)36-18)3-2-4-16(21)25(34)31-9-11-35-12-10-31;/h2-6H,7-14H2,1H3,(H,27,32)(H,29,33);1H. The number of fused-ring (bicyclic) bond motifs is 1. The van der Waals surface area contributed by atoms with Crippen LogP contribution in [0, 0.1) is 0 Å². The highest BCUT2D eigenvalue weighted by molar-refractivity contribution is 7.18. The highest BCUT2D eigenvalue weighted by Crippen LogP contribution is 2.28. The van der Waals surface area contributed by atoms with E-state index in [9.17, 15) is 14.4 Å². The third-order valence-electron chi connectivity index (χ3n) is 6.27. The van der Waals surface area contributed by atoms with Crippen LogP contribution in [-0.2, 0) is 24.2 Å². The first-order valence-electron chi connectivity index (χ1n) is 11.9. The predicted octanol–water partition coefficient (Wildman–Crippen LogP) is 3.92. The molecule has 2 aliphatic heterocycles. The zero-order chi connectivity index (χ0) is 25.9. The van der Waals surface area contributed by atoms with Crippen molar-refractivity contribution in [2.24, 2.45) is 0 Å². The van der Waals surface area contributed by atoms with Crippen LogP contribution >= 0.6 is 46.7 Å². The van der Waals surface area contributed by atoms with Crippen LogP contribution in [-0.4, -0.2) is 72.4 Å². The van der Waals surface area contributed by atoms with Gasteiger partial charge in [0.05, 0.1) is 39.4 Å². The fourth-order valence-corrected chi connectivity index (χ4v) is 6.34. The van der Waals surface area contributed by atoms with E-state index in [1.807, 2.05) is 7.05 Å². The molecular weight excluding hydrogens is 569 g/mol. The summed E-state index contributed by atoms with van der Waals surface area (Å²) in [6.45, 7) is 3.65. The number of nitrogens with one attached hydrogen (secondary N) is 2. The molecule has 4 heterocycles. The Morgan fingerprint density at radius 1 is 1.08 bits per heavy atom. The fraction of sp³-hybridized carbons (Fsp3) is 0.360. The number of carbonyl (C=O) groups is 3. The third kappa shape index (κ3) is 6.36. The normalized spacial score (nSPS) is 15.4. The van der Waals surface area contributed by atoms with Gasteiger partial charge in [-0.1, -0.05) is 23.7 Å². The van der Waals surface area contributed by atoms with Crippen LogP contribution in [0.5, 0.6) is 0 Å². The molecule has 0 atom stereocenters. The van der Waals surface area contributed by atoms with Crippen LogP contribution in [0.3, 0.4) is 0 Å². The van der Waals surface area contributed by atoms with Crippen molar-refractivity contribution in [3.63, 3.8) is 0 Å². The van der Waals surface area contributed by atoms with Crippen molar-refractivity contribution < 1.29 is 19.1 Å². The molecule has 3 amide bonds. The van der Waals surface area contributed by atoms with E-state index in [0.717, 1.165) is 30.1 Å². The van der Waals surface area contributed by atoms with Gasteiger partial charge in [0, 0.05) is 44.0 Å². The van der Waals surface area contributed by atoms with E-state index < -0.39 is 0 Å². The quantitative estimate of drug-likeness (QED) is 0.447. The maximum Gasteiger partial charge on any atom is 0.284 e. The number of benzene rings is 1. The Labute approximate surface area is 239 Å². The van der Waals surface area contributed by atoms with Gasteiger partial charge >= 0.3 is 0 Å². The molecule has 5 rings (SSSR count). The summed E-state index contributed by atoms with van der Waals surface area (Å²) in [4.78, 5) is 49.5. The average Bonchev–Trinajstić information content (AvgIpc) is 3.54. The lowest BCUT2D eigenvalue weighted by molar-refractivity contribution is 0.0303. The van der Waals surface area contributed by atoms with Crippen LogP contribution in [0.4, 0.5) is 5.69 Å². The van der Waals surface area contributed by atoms with Crippen molar-refractivity contribution in [1.29, 1.82) is 0 Å². The van der Waals surface area contributed by atoms with Crippen LogP contribution in [0.25, 0.3) is 0 Å². The lowest BCUT2D eigenvalue weighted by atomic mass is 10.0. The van der Waals surface area contributed by atoms with Crippen LogP contribution in [0.2, 0.25) is 4.34 Å². The van der Waals surface area contributed by atoms with Gasteiger partial charge in [0.1, 0.15) is 0 Å². The molecule has 9 nitrogen and oxygen atoms in total. The van der Waals surface area contributed by atoms with Crippen molar-refractivity contribution in [2.45, 2.75) is 19.5 Å². The summed E-state index contributed by atoms with van der Waals surface area (Å²) in [6, 6.07) is 8.56. The molecule has 2 aliphatic rings. The zero-order valence-electron chi connectivity index (χ0n) is 20.6. The van der Waals surface area contributed by atoms with E-state index >= 15 is 0 Å². The van der Waals surface area contributed by atoms with Crippen molar-refractivity contribution in [2.75, 3.05) is 45.2 Å². The monoisotopic (exact) mass is 595 g/mol. The van der Waals surface area contributed by atoms with Gasteiger partial charge in [-0.3, -0.25) is 14.4 Å². The molecule has 0 spiro atoms. The first kappa shape index (κ1) is 28.5. The lowest BCUT2D eigenvalue weighted by Crippen LogP contribution is -2.41. The molecule has 0 radical (unpaired) electrons. The van der Waals surface area contributed by atoms with E-state index in [0.29, 0.717) is 57.3 Å². The molecule has 0 saturated carbocycles. The molecule has 1 saturated heterocycles. The van der Waals surface area contributed by atoms with Gasteiger partial charge in [-0.15, -0.1) is 35.1 Å². The number of aromatic nitrogens is 1. The van der Waals surface area contributed by atoms with Gasteiger partial charge in [0.25, 0.3) is 17.7 Å². The Morgan fingerprint density at radius 3 is 2.61 bits per heavy atom. The van der Waals surface area contributed by atoms with Crippen molar-refractivity contribution >= 4 is 70.1 Å². The molecule has 0 aliphatic carbocycles. The number of thiophene rings is 1. The summed E-state index contributed by atoms with van der Waals surface area (Å²) in [5, 5.41) is 6.18. The summed E-state index contributed by atoms with van der Waals surface area (Å²) in [5.41, 5.74) is 2.30. The Kier molecular flexibility index (Phi) is 9.40. The maximum atomic E-state index is 13.4. The molecular formula is C25H27Cl2N5O4S2. The Morgan fingerprint density at radius 2 is 1.87 bits per heavy atom. The number of ether oxygens (including phenoxy) is 1. The number of hydrogen-bond donors (Lipinski definition) is 2. The number of halogens is 2. The van der Waals surface area contributed by atoms with E-state index in [2.05, 4.69) is 20.5 Å². The van der Waals surface area contributed by atoms with E-state index in [1.54, 1.807) is 35.2 Å².